The van der Waals surface area contributed by atoms with Gasteiger partial charge in [0.25, 0.3) is 0 Å². The summed E-state index contributed by atoms with van der Waals surface area (Å²) in [5.41, 5.74) is 3.57. The first-order valence-corrected chi connectivity index (χ1v) is 9.80. The molecule has 0 spiro atoms. The summed E-state index contributed by atoms with van der Waals surface area (Å²) in [6.07, 6.45) is 8.85. The molecule has 6 heteroatoms. The number of nitrogens with zero attached hydrogens (tertiary/aromatic N) is 6. The molecule has 0 bridgehead atoms. The normalized spacial score (nSPS) is 18.1. The van der Waals surface area contributed by atoms with E-state index in [0.717, 1.165) is 49.8 Å². The van der Waals surface area contributed by atoms with E-state index in [4.69, 9.17) is 4.98 Å². The Morgan fingerprint density at radius 1 is 1.31 bits per heavy atom. The van der Waals surface area contributed by atoms with Crippen LogP contribution in [0.4, 0.5) is 0 Å². The van der Waals surface area contributed by atoms with E-state index >= 15 is 0 Å². The lowest BCUT2D eigenvalue weighted by Gasteiger charge is -2.23. The molecule has 6 nitrogen and oxygen atoms in total. The zero-order chi connectivity index (χ0) is 18.5. The summed E-state index contributed by atoms with van der Waals surface area (Å²) in [6.45, 7) is 8.24. The Labute approximate surface area is 157 Å². The lowest BCUT2D eigenvalue weighted by Crippen LogP contribution is -2.25. The largest absolute Gasteiger partial charge is 0.304 e. The Bertz CT molecular complexity index is 708. The van der Waals surface area contributed by atoms with Crippen LogP contribution >= 0.6 is 0 Å². The highest BCUT2D eigenvalue weighted by Gasteiger charge is 2.29. The van der Waals surface area contributed by atoms with E-state index in [9.17, 15) is 0 Å². The molecule has 0 N–H and O–H groups in total. The van der Waals surface area contributed by atoms with Crippen LogP contribution in [0.1, 0.15) is 61.4 Å². The van der Waals surface area contributed by atoms with Gasteiger partial charge in [0, 0.05) is 37.6 Å². The van der Waals surface area contributed by atoms with E-state index < -0.39 is 0 Å². The first-order chi connectivity index (χ1) is 12.6. The third kappa shape index (κ3) is 4.68. The van der Waals surface area contributed by atoms with Crippen molar-refractivity contribution in [3.05, 3.63) is 41.2 Å². The molecular weight excluding hydrogens is 324 g/mol. The van der Waals surface area contributed by atoms with Crippen molar-refractivity contribution in [1.29, 1.82) is 0 Å². The molecule has 0 radical (unpaired) electrons. The zero-order valence-corrected chi connectivity index (χ0v) is 16.6. The molecule has 2 aromatic heterocycles. The van der Waals surface area contributed by atoms with E-state index in [-0.39, 0.29) is 0 Å². The summed E-state index contributed by atoms with van der Waals surface area (Å²) in [7, 11) is 4.14. The maximum atomic E-state index is 4.84. The molecule has 1 saturated heterocycles. The molecule has 26 heavy (non-hydrogen) atoms. The summed E-state index contributed by atoms with van der Waals surface area (Å²) in [5, 5.41) is 4.69. The molecule has 1 aliphatic heterocycles. The fourth-order valence-electron chi connectivity index (χ4n) is 3.66. The molecule has 1 atom stereocenters. The highest BCUT2D eigenvalue weighted by molar-refractivity contribution is 5.16. The zero-order valence-electron chi connectivity index (χ0n) is 16.6. The van der Waals surface area contributed by atoms with Crippen molar-refractivity contribution in [2.75, 3.05) is 20.6 Å². The number of hydrogen-bond acceptors (Lipinski definition) is 5. The fourth-order valence-corrected chi connectivity index (χ4v) is 3.66. The van der Waals surface area contributed by atoms with Gasteiger partial charge >= 0.3 is 0 Å². The number of aromatic nitrogens is 4. The maximum Gasteiger partial charge on any atom is 0.145 e. The first-order valence-electron chi connectivity index (χ1n) is 9.80. The summed E-state index contributed by atoms with van der Waals surface area (Å²) < 4.78 is 2.10. The van der Waals surface area contributed by atoms with Crippen LogP contribution in [0.2, 0.25) is 0 Å². The van der Waals surface area contributed by atoms with Crippen LogP contribution in [0, 0.1) is 6.92 Å². The molecule has 3 rings (SSSR count). The molecule has 0 amide bonds. The number of rotatable bonds is 8. The van der Waals surface area contributed by atoms with Crippen LogP contribution in [0.5, 0.6) is 0 Å². The van der Waals surface area contributed by atoms with Crippen LogP contribution < -0.4 is 0 Å². The van der Waals surface area contributed by atoms with Gasteiger partial charge in [-0.1, -0.05) is 13.3 Å². The summed E-state index contributed by atoms with van der Waals surface area (Å²) in [4.78, 5) is 14.1. The predicted molar refractivity (Wildman–Crippen MR) is 104 cm³/mol. The molecule has 1 aliphatic rings. The van der Waals surface area contributed by atoms with Crippen molar-refractivity contribution in [1.82, 2.24) is 29.5 Å². The first kappa shape index (κ1) is 19.0. The summed E-state index contributed by atoms with van der Waals surface area (Å²) in [5.74, 6) is 0.970. The maximum absolute atomic E-state index is 4.84. The Morgan fingerprint density at radius 2 is 2.15 bits per heavy atom. The van der Waals surface area contributed by atoms with Crippen molar-refractivity contribution in [2.24, 2.45) is 0 Å². The van der Waals surface area contributed by atoms with Crippen molar-refractivity contribution in [2.45, 2.75) is 65.2 Å². The van der Waals surface area contributed by atoms with E-state index in [1.165, 1.54) is 24.8 Å². The molecule has 0 aliphatic carbocycles. The van der Waals surface area contributed by atoms with Gasteiger partial charge in [0.15, 0.2) is 0 Å². The van der Waals surface area contributed by atoms with Crippen LogP contribution in [0.15, 0.2) is 18.5 Å². The van der Waals surface area contributed by atoms with Gasteiger partial charge < -0.3 is 4.90 Å². The van der Waals surface area contributed by atoms with Gasteiger partial charge in [0.05, 0.1) is 17.4 Å². The van der Waals surface area contributed by atoms with Gasteiger partial charge in [-0.05, 0) is 52.9 Å². The number of likely N-dealkylation sites (tertiary alicyclic amines) is 1. The Kier molecular flexibility index (Phi) is 6.38. The summed E-state index contributed by atoms with van der Waals surface area (Å²) >= 11 is 0. The smallest absolute Gasteiger partial charge is 0.145 e. The average molecular weight is 357 g/mol. The molecule has 142 valence electrons. The molecule has 1 unspecified atom stereocenters. The minimum Gasteiger partial charge on any atom is -0.304 e. The predicted octanol–water partition coefficient (Wildman–Crippen LogP) is 3.18. The summed E-state index contributed by atoms with van der Waals surface area (Å²) in [6, 6.07) is 2.33. The van der Waals surface area contributed by atoms with Crippen LogP contribution in [-0.4, -0.2) is 50.2 Å². The number of unbranched alkanes of at least 4 members (excludes halogenated alkanes) is 1. The van der Waals surface area contributed by atoms with Crippen molar-refractivity contribution in [3.63, 3.8) is 0 Å². The lowest BCUT2D eigenvalue weighted by atomic mass is 10.2. The average Bonchev–Trinajstić information content (AvgIpc) is 3.20. The highest BCUT2D eigenvalue weighted by atomic mass is 15.3. The van der Waals surface area contributed by atoms with Gasteiger partial charge in [0.2, 0.25) is 0 Å². The van der Waals surface area contributed by atoms with Gasteiger partial charge in [-0.25, -0.2) is 9.97 Å². The van der Waals surface area contributed by atoms with E-state index in [2.05, 4.69) is 58.7 Å². The van der Waals surface area contributed by atoms with Gasteiger partial charge in [-0.15, -0.1) is 0 Å². The molecule has 2 aromatic rings. The highest BCUT2D eigenvalue weighted by Crippen LogP contribution is 2.31. The van der Waals surface area contributed by atoms with Crippen molar-refractivity contribution in [3.8, 4) is 0 Å². The SMILES string of the molecule is CCCCn1cc(CN2CCCC2c2nccc(CN(C)C)n2)c(C)n1. The van der Waals surface area contributed by atoms with Crippen LogP contribution in [-0.2, 0) is 19.6 Å². The fraction of sp³-hybridized carbons (Fsp3) is 0.650. The Balaban J connectivity index is 1.72. The van der Waals surface area contributed by atoms with E-state index in [0.29, 0.717) is 6.04 Å². The number of aryl methyl sites for hydroxylation is 2. The Hall–Kier alpha value is -1.79. The van der Waals surface area contributed by atoms with Gasteiger partial charge in [0.1, 0.15) is 5.82 Å². The van der Waals surface area contributed by atoms with Gasteiger partial charge in [-0.2, -0.15) is 5.10 Å². The van der Waals surface area contributed by atoms with Crippen molar-refractivity contribution >= 4 is 0 Å². The topological polar surface area (TPSA) is 50.1 Å². The minimum atomic E-state index is 0.315. The second-order valence-electron chi connectivity index (χ2n) is 7.63. The molecule has 1 fully saturated rings. The minimum absolute atomic E-state index is 0.315. The van der Waals surface area contributed by atoms with E-state index in [1.54, 1.807) is 0 Å². The Morgan fingerprint density at radius 3 is 2.92 bits per heavy atom. The second kappa shape index (κ2) is 8.73. The standard InChI is InChI=1S/C20H32N6/c1-5-6-12-26-14-17(16(2)23-26)13-25-11-7-8-19(25)20-21-10-9-18(22-20)15-24(3)4/h9-10,14,19H,5-8,11-13,15H2,1-4H3. The van der Waals surface area contributed by atoms with Gasteiger partial charge in [-0.3, -0.25) is 9.58 Å². The molecule has 0 saturated carbocycles. The molecule has 0 aromatic carbocycles. The third-order valence-corrected chi connectivity index (χ3v) is 5.03. The second-order valence-corrected chi connectivity index (χ2v) is 7.63. The lowest BCUT2D eigenvalue weighted by molar-refractivity contribution is 0.238. The third-order valence-electron chi connectivity index (χ3n) is 5.03. The van der Waals surface area contributed by atoms with Crippen molar-refractivity contribution < 1.29 is 0 Å². The quantitative estimate of drug-likeness (QED) is 0.727. The van der Waals surface area contributed by atoms with Crippen LogP contribution in [0.3, 0.4) is 0 Å². The van der Waals surface area contributed by atoms with E-state index in [1.807, 2.05) is 12.3 Å². The molecular formula is C20H32N6. The number of hydrogen-bond donors (Lipinski definition) is 0. The molecule has 3 heterocycles. The monoisotopic (exact) mass is 356 g/mol. The van der Waals surface area contributed by atoms with Crippen LogP contribution in [0.25, 0.3) is 0 Å².